The molecule has 2 aromatic rings. The molecule has 11 heteroatoms. The Bertz CT molecular complexity index is 1170. The lowest BCUT2D eigenvalue weighted by atomic mass is 9.82. The molecule has 3 amide bonds. The first kappa shape index (κ1) is 27.0. The van der Waals surface area contributed by atoms with Crippen LogP contribution in [0.5, 0.6) is 5.75 Å². The molecule has 0 radical (unpaired) electrons. The van der Waals surface area contributed by atoms with Gasteiger partial charge in [0.15, 0.2) is 6.17 Å². The van der Waals surface area contributed by atoms with Gasteiger partial charge in [-0.15, -0.1) is 0 Å². The van der Waals surface area contributed by atoms with Crippen LogP contribution in [0.15, 0.2) is 48.5 Å². The van der Waals surface area contributed by atoms with Gasteiger partial charge in [0.1, 0.15) is 17.4 Å². The number of benzene rings is 2. The van der Waals surface area contributed by atoms with E-state index in [1.807, 2.05) is 0 Å². The highest BCUT2D eigenvalue weighted by Crippen LogP contribution is 2.29. The van der Waals surface area contributed by atoms with Crippen molar-refractivity contribution in [3.63, 3.8) is 0 Å². The van der Waals surface area contributed by atoms with Crippen LogP contribution in [0.1, 0.15) is 48.9 Å². The molecule has 2 aromatic carbocycles. The van der Waals surface area contributed by atoms with Crippen molar-refractivity contribution in [2.45, 2.75) is 50.7 Å². The predicted molar refractivity (Wildman–Crippen MR) is 131 cm³/mol. The summed E-state index contributed by atoms with van der Waals surface area (Å²) >= 11 is 0. The number of carbonyl (C=O) groups excluding carboxylic acids is 3. The summed E-state index contributed by atoms with van der Waals surface area (Å²) in [4.78, 5) is 53.7. The number of carboxylic acid groups (broad SMARTS) is 1. The molecule has 2 N–H and O–H groups in total. The number of rotatable bonds is 7. The van der Waals surface area contributed by atoms with Gasteiger partial charge in [-0.1, -0.05) is 37.5 Å². The van der Waals surface area contributed by atoms with Crippen LogP contribution in [0.25, 0.3) is 0 Å². The number of amides is 3. The summed E-state index contributed by atoms with van der Waals surface area (Å²) in [6.45, 7) is -0.188. The second kappa shape index (κ2) is 12.0. The number of hydrogen-bond donors (Lipinski definition) is 2. The number of ether oxygens (including phenoxy) is 1. The van der Waals surface area contributed by atoms with E-state index >= 15 is 0 Å². The fraction of sp³-hybridized carbons (Fsp3) is 0.407. The van der Waals surface area contributed by atoms with Gasteiger partial charge in [-0.05, 0) is 43.0 Å². The number of nitrogens with one attached hydrogen (secondary N) is 1. The predicted octanol–water partition coefficient (Wildman–Crippen LogP) is 3.79. The lowest BCUT2D eigenvalue weighted by Crippen LogP contribution is -2.57. The van der Waals surface area contributed by atoms with Crippen molar-refractivity contribution in [3.05, 3.63) is 65.7 Å². The van der Waals surface area contributed by atoms with Crippen molar-refractivity contribution in [3.8, 4) is 5.75 Å². The van der Waals surface area contributed by atoms with E-state index in [2.05, 4.69) is 5.32 Å². The Balaban J connectivity index is 1.62. The zero-order chi connectivity index (χ0) is 27.2. The van der Waals surface area contributed by atoms with Crippen molar-refractivity contribution in [1.82, 2.24) is 15.1 Å². The molecule has 1 aliphatic heterocycles. The molecule has 0 spiro atoms. The number of nitrogens with zero attached hydrogens (tertiary/aromatic N) is 2. The average molecular weight is 530 g/mol. The van der Waals surface area contributed by atoms with E-state index in [9.17, 15) is 33.1 Å². The number of hydrogen-bond acceptors (Lipinski definition) is 5. The van der Waals surface area contributed by atoms with Crippen LogP contribution in [0.4, 0.5) is 13.6 Å². The Labute approximate surface area is 218 Å². The standard InChI is InChI=1S/C27H29F2N3O6/c28-19-13-18(14-20(29)15-19)26(36)31-11-12-32(27(37)38-21-9-5-2-6-10-21)25(31)24(35)30-22(16-23(33)34)17-7-3-1-4-8-17/h2,5-6,9-10,13-15,17,22,25H,1,3-4,7-8,11-12,16H2,(H,30,35)(H,33,34). The highest BCUT2D eigenvalue weighted by Gasteiger charge is 2.45. The number of carbonyl (C=O) groups is 4. The number of para-hydroxylation sites is 1. The molecule has 1 aliphatic carbocycles. The van der Waals surface area contributed by atoms with Gasteiger partial charge in [-0.3, -0.25) is 19.3 Å². The van der Waals surface area contributed by atoms with Gasteiger partial charge < -0.3 is 20.1 Å². The molecule has 1 saturated carbocycles. The van der Waals surface area contributed by atoms with Gasteiger partial charge in [0.25, 0.3) is 11.8 Å². The van der Waals surface area contributed by atoms with Crippen molar-refractivity contribution in [2.24, 2.45) is 5.92 Å². The van der Waals surface area contributed by atoms with Crippen LogP contribution in [0, 0.1) is 17.6 Å². The molecule has 2 fully saturated rings. The van der Waals surface area contributed by atoms with Crippen LogP contribution >= 0.6 is 0 Å². The van der Waals surface area contributed by atoms with E-state index in [0.29, 0.717) is 6.07 Å². The normalized spacial score (nSPS) is 18.6. The molecular formula is C27H29F2N3O6. The van der Waals surface area contributed by atoms with E-state index in [1.54, 1.807) is 30.3 Å². The van der Waals surface area contributed by atoms with Gasteiger partial charge in [0.2, 0.25) is 0 Å². The van der Waals surface area contributed by atoms with E-state index < -0.39 is 47.7 Å². The van der Waals surface area contributed by atoms with Gasteiger partial charge in [0.05, 0.1) is 6.42 Å². The summed E-state index contributed by atoms with van der Waals surface area (Å²) in [6, 6.07) is 9.75. The molecule has 2 unspecified atom stereocenters. The number of carboxylic acids is 1. The van der Waals surface area contributed by atoms with Crippen molar-refractivity contribution in [2.75, 3.05) is 13.1 Å². The zero-order valence-corrected chi connectivity index (χ0v) is 20.6. The minimum atomic E-state index is -1.51. The van der Waals surface area contributed by atoms with Crippen molar-refractivity contribution in [1.29, 1.82) is 0 Å². The molecule has 1 saturated heterocycles. The van der Waals surface area contributed by atoms with E-state index in [1.165, 1.54) is 0 Å². The van der Waals surface area contributed by atoms with Gasteiger partial charge >= 0.3 is 12.1 Å². The summed E-state index contributed by atoms with van der Waals surface area (Å²) in [5.74, 6) is -4.49. The maximum atomic E-state index is 13.8. The highest BCUT2D eigenvalue weighted by atomic mass is 19.1. The van der Waals surface area contributed by atoms with Crippen LogP contribution in [0.3, 0.4) is 0 Å². The molecule has 9 nitrogen and oxygen atoms in total. The SMILES string of the molecule is O=C(O)CC(NC(=O)C1N(C(=O)Oc2ccccc2)CCN1C(=O)c1cc(F)cc(F)c1)C1CCCCC1. The fourth-order valence-electron chi connectivity index (χ4n) is 5.12. The number of aliphatic carboxylic acids is 1. The first-order valence-electron chi connectivity index (χ1n) is 12.6. The van der Waals surface area contributed by atoms with Crippen molar-refractivity contribution >= 4 is 23.9 Å². The molecule has 0 bridgehead atoms. The topological polar surface area (TPSA) is 116 Å². The summed E-state index contributed by atoms with van der Waals surface area (Å²) in [5.41, 5.74) is -0.326. The molecule has 2 aliphatic rings. The zero-order valence-electron chi connectivity index (χ0n) is 20.6. The van der Waals surface area contributed by atoms with Crippen molar-refractivity contribution < 1.29 is 37.8 Å². The van der Waals surface area contributed by atoms with E-state index in [4.69, 9.17) is 4.74 Å². The molecule has 0 aromatic heterocycles. The Morgan fingerprint density at radius 3 is 2.21 bits per heavy atom. The van der Waals surface area contributed by atoms with Crippen LogP contribution in [-0.2, 0) is 9.59 Å². The van der Waals surface area contributed by atoms with Gasteiger partial charge in [-0.2, -0.15) is 0 Å². The van der Waals surface area contributed by atoms with Gasteiger partial charge in [-0.25, -0.2) is 13.6 Å². The van der Waals surface area contributed by atoms with Crippen LogP contribution in [0.2, 0.25) is 0 Å². The van der Waals surface area contributed by atoms with Crippen LogP contribution < -0.4 is 10.1 Å². The third kappa shape index (κ3) is 6.45. The summed E-state index contributed by atoms with van der Waals surface area (Å²) in [5, 5.41) is 12.2. The second-order valence-corrected chi connectivity index (χ2v) is 9.52. The van der Waals surface area contributed by atoms with Gasteiger partial charge in [0, 0.05) is 30.8 Å². The second-order valence-electron chi connectivity index (χ2n) is 9.52. The van der Waals surface area contributed by atoms with E-state index in [0.717, 1.165) is 54.0 Å². The Kier molecular flexibility index (Phi) is 8.55. The quantitative estimate of drug-likeness (QED) is 0.564. The summed E-state index contributed by atoms with van der Waals surface area (Å²) in [7, 11) is 0. The van der Waals surface area contributed by atoms with E-state index in [-0.39, 0.29) is 36.7 Å². The summed E-state index contributed by atoms with van der Waals surface area (Å²) in [6.07, 6.45) is 1.60. The fourth-order valence-corrected chi connectivity index (χ4v) is 5.12. The molecule has 38 heavy (non-hydrogen) atoms. The lowest BCUT2D eigenvalue weighted by Gasteiger charge is -2.34. The molecule has 4 rings (SSSR count). The summed E-state index contributed by atoms with van der Waals surface area (Å²) < 4.78 is 33.1. The average Bonchev–Trinajstić information content (AvgIpc) is 3.34. The third-order valence-electron chi connectivity index (χ3n) is 6.90. The Morgan fingerprint density at radius 2 is 1.58 bits per heavy atom. The Morgan fingerprint density at radius 1 is 0.947 bits per heavy atom. The highest BCUT2D eigenvalue weighted by molar-refractivity contribution is 5.99. The molecule has 202 valence electrons. The molecule has 1 heterocycles. The minimum Gasteiger partial charge on any atom is -0.481 e. The monoisotopic (exact) mass is 529 g/mol. The third-order valence-corrected chi connectivity index (χ3v) is 6.90. The molecular weight excluding hydrogens is 500 g/mol. The number of halogens is 2. The first-order chi connectivity index (χ1) is 18.2. The lowest BCUT2D eigenvalue weighted by molar-refractivity contribution is -0.138. The first-order valence-corrected chi connectivity index (χ1v) is 12.6. The Hall–Kier alpha value is -4.02. The maximum absolute atomic E-state index is 13.8. The minimum absolute atomic E-state index is 0.0728. The maximum Gasteiger partial charge on any atom is 0.417 e. The smallest absolute Gasteiger partial charge is 0.417 e. The largest absolute Gasteiger partial charge is 0.481 e. The molecule has 2 atom stereocenters. The van der Waals surface area contributed by atoms with Crippen LogP contribution in [-0.4, -0.2) is 64.1 Å².